The molecule has 0 aromatic heterocycles. The van der Waals surface area contributed by atoms with Crippen LogP contribution in [0, 0.1) is 10.1 Å². The Morgan fingerprint density at radius 3 is 2.50 bits per heavy atom. The molecule has 0 bridgehead atoms. The lowest BCUT2D eigenvalue weighted by Crippen LogP contribution is -2.21. The second kappa shape index (κ2) is 8.74. The van der Waals surface area contributed by atoms with E-state index in [4.69, 9.17) is 11.6 Å². The summed E-state index contributed by atoms with van der Waals surface area (Å²) in [7, 11) is 0. The number of benzene rings is 2. The molecule has 0 unspecified atom stereocenters. The summed E-state index contributed by atoms with van der Waals surface area (Å²) in [6, 6.07) is 7.27. The van der Waals surface area contributed by atoms with Gasteiger partial charge in [-0.05, 0) is 48.7 Å². The Kier molecular flexibility index (Phi) is 6.31. The van der Waals surface area contributed by atoms with Gasteiger partial charge in [0.2, 0.25) is 5.91 Å². The summed E-state index contributed by atoms with van der Waals surface area (Å²) < 4.78 is 39.3. The monoisotopic (exact) mass is 439 g/mol. The molecule has 0 radical (unpaired) electrons. The number of halogens is 4. The molecule has 3 rings (SSSR count). The van der Waals surface area contributed by atoms with Gasteiger partial charge in [-0.3, -0.25) is 14.9 Å². The molecule has 0 spiro atoms. The summed E-state index contributed by atoms with van der Waals surface area (Å²) in [6.07, 6.45) is -0.281. The third kappa shape index (κ3) is 5.10. The van der Waals surface area contributed by atoms with Crippen LogP contribution in [0.5, 0.6) is 0 Å². The minimum atomic E-state index is -4.54. The maximum absolute atomic E-state index is 13.1. The summed E-state index contributed by atoms with van der Waals surface area (Å²) in [6.45, 7) is 1.39. The number of hydrogen-bond acceptors (Lipinski definition) is 4. The fourth-order valence-corrected chi connectivity index (χ4v) is 3.35. The lowest BCUT2D eigenvalue weighted by atomic mass is 10.1. The van der Waals surface area contributed by atoms with Crippen molar-refractivity contribution < 1.29 is 22.9 Å². The van der Waals surface area contributed by atoms with Crippen LogP contribution in [-0.4, -0.2) is 23.9 Å². The largest absolute Gasteiger partial charge is 0.416 e. The second-order valence-corrected chi connectivity index (χ2v) is 7.12. The van der Waals surface area contributed by atoms with E-state index in [1.54, 1.807) is 0 Å². The Bertz CT molecular complexity index is 1000. The highest BCUT2D eigenvalue weighted by Crippen LogP contribution is 2.36. The fraction of sp³-hybridized carbons (Fsp3) is 0.250. The smallest absolute Gasteiger partial charge is 0.370 e. The van der Waals surface area contributed by atoms with Gasteiger partial charge in [0, 0.05) is 25.2 Å². The molecule has 1 aliphatic rings. The van der Waals surface area contributed by atoms with Crippen LogP contribution in [0.2, 0.25) is 5.02 Å². The summed E-state index contributed by atoms with van der Waals surface area (Å²) in [5.41, 5.74) is -0.246. The van der Waals surface area contributed by atoms with Gasteiger partial charge in [0.1, 0.15) is 5.02 Å². The standard InChI is InChI=1S/C20H17ClF3N3O3/c21-15-6-3-13(11-18(15)27(29)30)4-8-19(28)25-16-12-14(20(22,23)24)5-7-17(16)26-9-1-2-10-26/h3-8,11-12H,1-2,9-10H2,(H,25,28)/b8-4+. The van der Waals surface area contributed by atoms with E-state index in [0.29, 0.717) is 24.3 Å². The Labute approximate surface area is 175 Å². The number of carbonyl (C=O) groups is 1. The van der Waals surface area contributed by atoms with Crippen LogP contribution in [0.3, 0.4) is 0 Å². The van der Waals surface area contributed by atoms with Crippen molar-refractivity contribution in [3.8, 4) is 0 Å². The maximum Gasteiger partial charge on any atom is 0.416 e. The van der Waals surface area contributed by atoms with Crippen LogP contribution in [0.15, 0.2) is 42.5 Å². The highest BCUT2D eigenvalue weighted by molar-refractivity contribution is 6.32. The second-order valence-electron chi connectivity index (χ2n) is 6.71. The Balaban J connectivity index is 1.83. The van der Waals surface area contributed by atoms with Crippen LogP contribution in [0.1, 0.15) is 24.0 Å². The molecule has 0 saturated carbocycles. The molecular formula is C20H17ClF3N3O3. The number of rotatable bonds is 5. The zero-order valence-corrected chi connectivity index (χ0v) is 16.3. The van der Waals surface area contributed by atoms with E-state index in [-0.39, 0.29) is 16.4 Å². The molecule has 1 fully saturated rings. The van der Waals surface area contributed by atoms with Crippen LogP contribution in [-0.2, 0) is 11.0 Å². The molecule has 2 aromatic carbocycles. The minimum absolute atomic E-state index is 0.0409. The normalized spacial score (nSPS) is 14.3. The van der Waals surface area contributed by atoms with Gasteiger partial charge in [-0.15, -0.1) is 0 Å². The number of nitro benzene ring substituents is 1. The fourth-order valence-electron chi connectivity index (χ4n) is 3.17. The number of amides is 1. The lowest BCUT2D eigenvalue weighted by Gasteiger charge is -2.22. The number of nitro groups is 1. The van der Waals surface area contributed by atoms with E-state index >= 15 is 0 Å². The van der Waals surface area contributed by atoms with E-state index in [9.17, 15) is 28.1 Å². The van der Waals surface area contributed by atoms with E-state index in [2.05, 4.69) is 5.32 Å². The molecule has 1 heterocycles. The number of nitrogens with one attached hydrogen (secondary N) is 1. The summed E-state index contributed by atoms with van der Waals surface area (Å²) in [5, 5.41) is 13.4. The molecule has 1 amide bonds. The number of hydrogen-bond donors (Lipinski definition) is 1. The number of carbonyl (C=O) groups excluding carboxylic acids is 1. The Hall–Kier alpha value is -3.07. The number of alkyl halides is 3. The molecule has 1 saturated heterocycles. The van der Waals surface area contributed by atoms with Gasteiger partial charge in [-0.2, -0.15) is 13.2 Å². The van der Waals surface area contributed by atoms with Crippen molar-refractivity contribution in [3.05, 3.63) is 68.7 Å². The van der Waals surface area contributed by atoms with E-state index in [0.717, 1.165) is 31.1 Å². The first kappa shape index (κ1) is 21.6. The van der Waals surface area contributed by atoms with Gasteiger partial charge in [-0.1, -0.05) is 17.7 Å². The molecule has 2 aromatic rings. The number of anilines is 2. The first-order valence-electron chi connectivity index (χ1n) is 9.04. The summed E-state index contributed by atoms with van der Waals surface area (Å²) in [5.74, 6) is -0.660. The average Bonchev–Trinajstić information content (AvgIpc) is 3.21. The van der Waals surface area contributed by atoms with Gasteiger partial charge < -0.3 is 10.2 Å². The zero-order chi connectivity index (χ0) is 21.9. The van der Waals surface area contributed by atoms with Gasteiger partial charge in [0.05, 0.1) is 21.9 Å². The van der Waals surface area contributed by atoms with Crippen molar-refractivity contribution in [1.29, 1.82) is 0 Å². The van der Waals surface area contributed by atoms with Gasteiger partial charge >= 0.3 is 6.18 Å². The van der Waals surface area contributed by atoms with Crippen LogP contribution >= 0.6 is 11.6 Å². The predicted octanol–water partition coefficient (Wildman–Crippen LogP) is 5.52. The molecule has 1 N–H and O–H groups in total. The van der Waals surface area contributed by atoms with Crippen molar-refractivity contribution in [1.82, 2.24) is 0 Å². The predicted molar refractivity (Wildman–Crippen MR) is 109 cm³/mol. The van der Waals surface area contributed by atoms with Gasteiger partial charge in [0.25, 0.3) is 5.69 Å². The van der Waals surface area contributed by atoms with Crippen LogP contribution in [0.25, 0.3) is 6.08 Å². The van der Waals surface area contributed by atoms with E-state index < -0.39 is 22.6 Å². The van der Waals surface area contributed by atoms with Crippen molar-refractivity contribution in [3.63, 3.8) is 0 Å². The highest BCUT2D eigenvalue weighted by atomic mass is 35.5. The molecular weight excluding hydrogens is 423 g/mol. The SMILES string of the molecule is O=C(/C=C/c1ccc(Cl)c([N+](=O)[O-])c1)Nc1cc(C(F)(F)F)ccc1N1CCCC1. The average molecular weight is 440 g/mol. The van der Waals surface area contributed by atoms with Gasteiger partial charge in [-0.25, -0.2) is 0 Å². The van der Waals surface area contributed by atoms with Crippen LogP contribution in [0.4, 0.5) is 30.2 Å². The molecule has 6 nitrogen and oxygen atoms in total. The third-order valence-corrected chi connectivity index (χ3v) is 4.94. The minimum Gasteiger partial charge on any atom is -0.370 e. The first-order chi connectivity index (χ1) is 14.1. The van der Waals surface area contributed by atoms with Crippen molar-refractivity contribution in [2.75, 3.05) is 23.3 Å². The van der Waals surface area contributed by atoms with Crippen LogP contribution < -0.4 is 10.2 Å². The third-order valence-electron chi connectivity index (χ3n) is 4.62. The molecule has 10 heteroatoms. The van der Waals surface area contributed by atoms with Crippen molar-refractivity contribution in [2.24, 2.45) is 0 Å². The molecule has 30 heavy (non-hydrogen) atoms. The van der Waals surface area contributed by atoms with Crippen molar-refractivity contribution in [2.45, 2.75) is 19.0 Å². The Morgan fingerprint density at radius 1 is 1.17 bits per heavy atom. The molecule has 0 atom stereocenters. The topological polar surface area (TPSA) is 75.5 Å². The lowest BCUT2D eigenvalue weighted by molar-refractivity contribution is -0.384. The highest BCUT2D eigenvalue weighted by Gasteiger charge is 2.32. The van der Waals surface area contributed by atoms with Gasteiger partial charge in [0.15, 0.2) is 0 Å². The van der Waals surface area contributed by atoms with E-state index in [1.165, 1.54) is 30.3 Å². The quantitative estimate of drug-likeness (QED) is 0.378. The zero-order valence-electron chi connectivity index (χ0n) is 15.6. The summed E-state index contributed by atoms with van der Waals surface area (Å²) in [4.78, 5) is 24.6. The number of nitrogens with zero attached hydrogens (tertiary/aromatic N) is 2. The molecule has 0 aliphatic carbocycles. The maximum atomic E-state index is 13.1. The molecule has 158 valence electrons. The van der Waals surface area contributed by atoms with Crippen molar-refractivity contribution >= 4 is 40.6 Å². The summed E-state index contributed by atoms with van der Waals surface area (Å²) >= 11 is 5.75. The first-order valence-corrected chi connectivity index (χ1v) is 9.42. The molecule has 1 aliphatic heterocycles. The Morgan fingerprint density at radius 2 is 1.87 bits per heavy atom. The van der Waals surface area contributed by atoms with E-state index in [1.807, 2.05) is 4.90 Å².